The van der Waals surface area contributed by atoms with Crippen LogP contribution in [0.3, 0.4) is 0 Å². The highest BCUT2D eigenvalue weighted by Crippen LogP contribution is 2.36. The van der Waals surface area contributed by atoms with Crippen molar-refractivity contribution >= 4 is 19.4 Å². The Kier molecular flexibility index (Phi) is 6.77. The summed E-state index contributed by atoms with van der Waals surface area (Å²) in [4.78, 5) is 22.7. The molecule has 0 rings (SSSR count). The van der Waals surface area contributed by atoms with Gasteiger partial charge in [0.15, 0.2) is 7.85 Å². The van der Waals surface area contributed by atoms with Crippen LogP contribution in [0.4, 0.5) is 0 Å². The third-order valence-electron chi connectivity index (χ3n) is 4.22. The maximum Gasteiger partial charge on any atom is 0.220 e. The molecular formula is C14H28BNO3. The minimum absolute atomic E-state index is 0.0338. The van der Waals surface area contributed by atoms with E-state index in [2.05, 4.69) is 19.2 Å². The Morgan fingerprint density at radius 2 is 1.74 bits per heavy atom. The Balaban J connectivity index is 4.58. The summed E-state index contributed by atoms with van der Waals surface area (Å²) in [5.74, 6) is -0.0805. The number of nitrogens with one attached hydrogen (secondary N) is 1. The van der Waals surface area contributed by atoms with Crippen molar-refractivity contribution in [2.75, 3.05) is 6.61 Å². The summed E-state index contributed by atoms with van der Waals surface area (Å²) in [6.45, 7) is 12.8. The summed E-state index contributed by atoms with van der Waals surface area (Å²) in [6, 6.07) is -0.0338. The fourth-order valence-electron chi connectivity index (χ4n) is 1.85. The van der Waals surface area contributed by atoms with Crippen molar-refractivity contribution in [2.45, 2.75) is 66.0 Å². The number of rotatable bonds is 8. The van der Waals surface area contributed by atoms with Crippen LogP contribution in [0.15, 0.2) is 0 Å². The lowest BCUT2D eigenvalue weighted by atomic mass is 9.71. The molecule has 1 unspecified atom stereocenters. The average Bonchev–Trinajstić information content (AvgIpc) is 2.25. The first-order valence-electron chi connectivity index (χ1n) is 6.97. The van der Waals surface area contributed by atoms with Crippen LogP contribution in [0.2, 0.25) is 0 Å². The summed E-state index contributed by atoms with van der Waals surface area (Å²) in [6.07, 6.45) is 0.554. The van der Waals surface area contributed by atoms with Crippen LogP contribution in [0.1, 0.15) is 54.4 Å². The molecule has 0 fully saturated rings. The Hall–Kier alpha value is -0.835. The number of ether oxygens (including phenoxy) is 1. The standard InChI is InChI=1S/C14H28BNO3/c1-7-19-14(5,6)13(3,4)10(2)16-12(18)9-8-11(15)17/h10H,7-9,15H2,1-6H3,(H,16,18). The fraction of sp³-hybridized carbons (Fsp3) is 0.857. The smallest absolute Gasteiger partial charge is 0.220 e. The zero-order chi connectivity index (χ0) is 15.3. The number of carbonyl (C=O) groups excluding carboxylic acids is 2. The van der Waals surface area contributed by atoms with Crippen LogP contribution in [0, 0.1) is 5.41 Å². The Morgan fingerprint density at radius 1 is 1.21 bits per heavy atom. The van der Waals surface area contributed by atoms with Gasteiger partial charge in [-0.2, -0.15) is 0 Å². The van der Waals surface area contributed by atoms with E-state index in [0.29, 0.717) is 13.0 Å². The normalized spacial score (nSPS) is 14.0. The molecule has 0 aromatic rings. The molecule has 0 saturated heterocycles. The van der Waals surface area contributed by atoms with E-state index >= 15 is 0 Å². The SMILES string of the molecule is BC(=O)CCC(=O)NC(C)C(C)(C)C(C)(C)OCC. The van der Waals surface area contributed by atoms with Gasteiger partial charge in [-0.15, -0.1) is 0 Å². The van der Waals surface area contributed by atoms with Gasteiger partial charge in [-0.1, -0.05) is 13.8 Å². The molecule has 1 amide bonds. The van der Waals surface area contributed by atoms with Crippen molar-refractivity contribution in [1.82, 2.24) is 5.32 Å². The summed E-state index contributed by atoms with van der Waals surface area (Å²) >= 11 is 0. The number of amides is 1. The maximum absolute atomic E-state index is 11.8. The summed E-state index contributed by atoms with van der Waals surface area (Å²) in [5, 5.41) is 2.97. The van der Waals surface area contributed by atoms with Gasteiger partial charge in [0.25, 0.3) is 0 Å². The highest BCUT2D eigenvalue weighted by molar-refractivity contribution is 6.57. The van der Waals surface area contributed by atoms with E-state index in [-0.39, 0.29) is 35.1 Å². The van der Waals surface area contributed by atoms with Crippen molar-refractivity contribution < 1.29 is 14.3 Å². The highest BCUT2D eigenvalue weighted by Gasteiger charge is 2.42. The van der Waals surface area contributed by atoms with Crippen molar-refractivity contribution in [3.63, 3.8) is 0 Å². The van der Waals surface area contributed by atoms with Crippen molar-refractivity contribution in [3.05, 3.63) is 0 Å². The molecule has 5 heteroatoms. The van der Waals surface area contributed by atoms with Gasteiger partial charge in [0.2, 0.25) is 5.91 Å². The zero-order valence-electron chi connectivity index (χ0n) is 13.4. The van der Waals surface area contributed by atoms with Crippen LogP contribution in [0.5, 0.6) is 0 Å². The van der Waals surface area contributed by atoms with Gasteiger partial charge < -0.3 is 14.8 Å². The van der Waals surface area contributed by atoms with Crippen LogP contribution in [0.25, 0.3) is 0 Å². The molecule has 0 aliphatic carbocycles. The van der Waals surface area contributed by atoms with Gasteiger partial charge in [0.1, 0.15) is 0 Å². The summed E-state index contributed by atoms with van der Waals surface area (Å²) < 4.78 is 5.79. The first kappa shape index (κ1) is 18.2. The topological polar surface area (TPSA) is 55.4 Å². The molecule has 4 nitrogen and oxygen atoms in total. The fourth-order valence-corrected chi connectivity index (χ4v) is 1.85. The van der Waals surface area contributed by atoms with E-state index in [1.807, 2.05) is 27.7 Å². The molecule has 0 spiro atoms. The molecule has 0 aromatic heterocycles. The lowest BCUT2D eigenvalue weighted by Crippen LogP contribution is -2.54. The monoisotopic (exact) mass is 269 g/mol. The number of carbonyl (C=O) groups is 2. The quantitative estimate of drug-likeness (QED) is 0.675. The second-order valence-electron chi connectivity index (χ2n) is 6.16. The van der Waals surface area contributed by atoms with Gasteiger partial charge >= 0.3 is 0 Å². The summed E-state index contributed by atoms with van der Waals surface area (Å²) in [5.41, 5.74) is -0.513. The van der Waals surface area contributed by atoms with E-state index < -0.39 is 0 Å². The highest BCUT2D eigenvalue weighted by atomic mass is 16.5. The first-order valence-corrected chi connectivity index (χ1v) is 6.97. The van der Waals surface area contributed by atoms with Gasteiger partial charge in [0.05, 0.1) is 11.3 Å². The molecular weight excluding hydrogens is 241 g/mol. The molecule has 0 aliphatic rings. The molecule has 0 aliphatic heterocycles. The first-order chi connectivity index (χ1) is 8.54. The molecule has 0 heterocycles. The van der Waals surface area contributed by atoms with Crippen molar-refractivity contribution in [3.8, 4) is 0 Å². The minimum Gasteiger partial charge on any atom is -0.375 e. The molecule has 19 heavy (non-hydrogen) atoms. The molecule has 110 valence electrons. The molecule has 0 bridgehead atoms. The Labute approximate surface area is 118 Å². The van der Waals surface area contributed by atoms with Crippen LogP contribution < -0.4 is 5.32 Å². The van der Waals surface area contributed by atoms with Crippen LogP contribution in [-0.2, 0) is 14.3 Å². The number of hydrogen-bond donors (Lipinski definition) is 1. The minimum atomic E-state index is -0.338. The average molecular weight is 269 g/mol. The van der Waals surface area contributed by atoms with E-state index in [0.717, 1.165) is 0 Å². The lowest BCUT2D eigenvalue weighted by Gasteiger charge is -2.45. The molecule has 0 aromatic carbocycles. The van der Waals surface area contributed by atoms with Crippen molar-refractivity contribution in [1.29, 1.82) is 0 Å². The molecule has 0 radical (unpaired) electrons. The van der Waals surface area contributed by atoms with Crippen LogP contribution >= 0.6 is 0 Å². The summed E-state index contributed by atoms with van der Waals surface area (Å²) in [7, 11) is 1.50. The van der Waals surface area contributed by atoms with Crippen molar-refractivity contribution in [2.24, 2.45) is 5.41 Å². The predicted octanol–water partition coefficient (Wildman–Crippen LogP) is 1.27. The molecule has 1 atom stereocenters. The molecule has 0 saturated carbocycles. The van der Waals surface area contributed by atoms with Gasteiger partial charge in [0, 0.05) is 30.9 Å². The number of hydrogen-bond acceptors (Lipinski definition) is 3. The lowest BCUT2D eigenvalue weighted by molar-refractivity contribution is -0.129. The van der Waals surface area contributed by atoms with Gasteiger partial charge in [-0.05, 0) is 27.7 Å². The van der Waals surface area contributed by atoms with Crippen LogP contribution in [-0.4, -0.2) is 37.7 Å². The zero-order valence-corrected chi connectivity index (χ0v) is 13.4. The largest absolute Gasteiger partial charge is 0.375 e. The second-order valence-corrected chi connectivity index (χ2v) is 6.16. The maximum atomic E-state index is 11.8. The predicted molar refractivity (Wildman–Crippen MR) is 79.9 cm³/mol. The third kappa shape index (κ3) is 5.35. The van der Waals surface area contributed by atoms with E-state index in [1.54, 1.807) is 0 Å². The van der Waals surface area contributed by atoms with E-state index in [9.17, 15) is 9.59 Å². The van der Waals surface area contributed by atoms with E-state index in [4.69, 9.17) is 4.74 Å². The van der Waals surface area contributed by atoms with Gasteiger partial charge in [-0.3, -0.25) is 4.79 Å². The van der Waals surface area contributed by atoms with Gasteiger partial charge in [-0.25, -0.2) is 0 Å². The molecule has 1 N–H and O–H groups in total. The third-order valence-corrected chi connectivity index (χ3v) is 4.22. The Bertz CT molecular complexity index is 327. The van der Waals surface area contributed by atoms with E-state index in [1.165, 1.54) is 7.85 Å². The Morgan fingerprint density at radius 3 is 2.16 bits per heavy atom. The second kappa shape index (κ2) is 7.08.